The number of carboxylic acids is 1. The number of hydrogen-bond donors (Lipinski definition) is 1. The molecule has 0 saturated heterocycles. The molecule has 4 rings (SSSR count). The van der Waals surface area contributed by atoms with E-state index in [1.54, 1.807) is 0 Å². The van der Waals surface area contributed by atoms with Crippen LogP contribution in [0.1, 0.15) is 65.2 Å². The molecule has 4 aliphatic carbocycles. The van der Waals surface area contributed by atoms with Crippen molar-refractivity contribution in [2.75, 3.05) is 0 Å². The number of rotatable bonds is 3. The fraction of sp³-hybridized carbons (Fsp3) is 0.727. The Morgan fingerprint density at radius 1 is 1.22 bits per heavy atom. The Bertz CT molecular complexity index is 713. The second kappa shape index (κ2) is 7.48. The van der Waals surface area contributed by atoms with Gasteiger partial charge in [0.25, 0.3) is 0 Å². The summed E-state index contributed by atoms with van der Waals surface area (Å²) in [5.41, 5.74) is 0.0933. The second-order valence-electron chi connectivity index (χ2n) is 9.53. The topological polar surface area (TPSA) is 77.4 Å². The minimum Gasteiger partial charge on any atom is -0.550 e. The first-order valence-electron chi connectivity index (χ1n) is 10.1. The predicted octanol–water partition coefficient (Wildman–Crippen LogP) is -0.440. The Kier molecular flexibility index (Phi) is 6.07. The minimum atomic E-state index is -1.08. The first-order chi connectivity index (χ1) is 12.2. The van der Waals surface area contributed by atoms with E-state index >= 15 is 0 Å². The molecule has 0 heterocycles. The summed E-state index contributed by atoms with van der Waals surface area (Å²) in [6, 6.07) is 0. The van der Waals surface area contributed by atoms with Gasteiger partial charge in [-0.05, 0) is 85.2 Å². The molecule has 0 aromatic rings. The van der Waals surface area contributed by atoms with Crippen LogP contribution in [0.25, 0.3) is 0 Å². The van der Waals surface area contributed by atoms with Crippen LogP contribution in [0.4, 0.5) is 0 Å². The zero-order valence-electron chi connectivity index (χ0n) is 16.8. The van der Waals surface area contributed by atoms with Crippen LogP contribution in [0.15, 0.2) is 23.8 Å². The van der Waals surface area contributed by atoms with E-state index in [-0.39, 0.29) is 74.4 Å². The van der Waals surface area contributed by atoms with Gasteiger partial charge in [-0.1, -0.05) is 26.0 Å². The van der Waals surface area contributed by atoms with E-state index in [2.05, 4.69) is 26.0 Å². The molecule has 0 aromatic carbocycles. The number of allylic oxidation sites excluding steroid dienone is 4. The fourth-order valence-corrected chi connectivity index (χ4v) is 6.83. The molecule has 5 heteroatoms. The molecule has 2 fully saturated rings. The first kappa shape index (κ1) is 21.9. The number of carbonyl (C=O) groups is 2. The number of aliphatic carboxylic acids is 1. The second-order valence-corrected chi connectivity index (χ2v) is 9.53. The first-order valence-corrected chi connectivity index (χ1v) is 10.1. The monoisotopic (exact) mass is 396 g/mol. The molecule has 1 N–H and O–H groups in total. The van der Waals surface area contributed by atoms with Gasteiger partial charge >= 0.3 is 51.4 Å². The Morgan fingerprint density at radius 2 is 1.93 bits per heavy atom. The summed E-state index contributed by atoms with van der Waals surface area (Å²) < 4.78 is 0. The number of ketones is 1. The summed E-state index contributed by atoms with van der Waals surface area (Å²) in [5, 5.41) is 22.3. The number of hydrogen-bond acceptors (Lipinski definition) is 4. The Hall–Kier alpha value is 0.216. The van der Waals surface area contributed by atoms with Gasteiger partial charge in [-0.25, -0.2) is 0 Å². The van der Waals surface area contributed by atoms with Gasteiger partial charge in [0.2, 0.25) is 0 Å². The third kappa shape index (κ3) is 3.30. The predicted molar refractivity (Wildman–Crippen MR) is 95.8 cm³/mol. The number of fused-ring (bicyclic) bond motifs is 5. The van der Waals surface area contributed by atoms with Crippen LogP contribution in [0.5, 0.6) is 0 Å². The SMILES string of the molecule is CC12CCC(=O)C=C1C=CC1C2CCC2(C)C1CC[C@@]2(O)CCC(=O)[O-].[K+]. The van der Waals surface area contributed by atoms with Crippen molar-refractivity contribution in [3.8, 4) is 0 Å². The smallest absolute Gasteiger partial charge is 0.550 e. The van der Waals surface area contributed by atoms with Gasteiger partial charge in [0, 0.05) is 12.4 Å². The molecule has 5 unspecified atom stereocenters. The summed E-state index contributed by atoms with van der Waals surface area (Å²) in [7, 11) is 0. The van der Waals surface area contributed by atoms with Gasteiger partial charge in [-0.15, -0.1) is 0 Å². The van der Waals surface area contributed by atoms with Crippen molar-refractivity contribution in [3.63, 3.8) is 0 Å². The molecule has 4 aliphatic rings. The van der Waals surface area contributed by atoms with Gasteiger partial charge in [-0.2, -0.15) is 0 Å². The molecule has 0 radical (unpaired) electrons. The van der Waals surface area contributed by atoms with E-state index < -0.39 is 11.6 Å². The molecule has 6 atom stereocenters. The van der Waals surface area contributed by atoms with Crippen LogP contribution in [-0.4, -0.2) is 22.5 Å². The van der Waals surface area contributed by atoms with Crippen LogP contribution in [0.3, 0.4) is 0 Å². The van der Waals surface area contributed by atoms with Gasteiger partial charge in [-0.3, -0.25) is 4.79 Å². The number of aliphatic hydroxyl groups is 1. The maximum absolute atomic E-state index is 11.9. The van der Waals surface area contributed by atoms with Gasteiger partial charge < -0.3 is 15.0 Å². The average Bonchev–Trinajstić information content (AvgIpc) is 2.86. The molecular formula is C22H29KO4. The van der Waals surface area contributed by atoms with E-state index in [1.807, 2.05) is 6.08 Å². The normalized spacial score (nSPS) is 45.2. The van der Waals surface area contributed by atoms with E-state index in [4.69, 9.17) is 0 Å². The molecule has 142 valence electrons. The molecule has 0 amide bonds. The van der Waals surface area contributed by atoms with Crippen LogP contribution in [-0.2, 0) is 9.59 Å². The quantitative estimate of drug-likeness (QED) is 0.656. The van der Waals surface area contributed by atoms with Gasteiger partial charge in [0.05, 0.1) is 5.60 Å². The fourth-order valence-electron chi connectivity index (χ4n) is 6.83. The molecule has 0 aromatic heterocycles. The molecule has 2 saturated carbocycles. The molecule has 27 heavy (non-hydrogen) atoms. The summed E-state index contributed by atoms with van der Waals surface area (Å²) in [6.07, 6.45) is 11.6. The Morgan fingerprint density at radius 3 is 2.63 bits per heavy atom. The van der Waals surface area contributed by atoms with E-state index in [9.17, 15) is 19.8 Å². The van der Waals surface area contributed by atoms with E-state index in [1.165, 1.54) is 5.57 Å². The maximum atomic E-state index is 11.9. The van der Waals surface area contributed by atoms with Crippen LogP contribution < -0.4 is 56.5 Å². The maximum Gasteiger partial charge on any atom is 1.00 e. The molecule has 4 nitrogen and oxygen atoms in total. The van der Waals surface area contributed by atoms with Crippen LogP contribution in [0, 0.1) is 28.6 Å². The Labute approximate surface area is 204 Å². The average molecular weight is 397 g/mol. The number of carboxylic acid groups (broad SMARTS) is 1. The summed E-state index contributed by atoms with van der Waals surface area (Å²) in [5.74, 6) is 0.444. The zero-order valence-corrected chi connectivity index (χ0v) is 19.9. The largest absolute Gasteiger partial charge is 1.00 e. The van der Waals surface area contributed by atoms with Crippen molar-refractivity contribution in [1.29, 1.82) is 0 Å². The molecule has 0 aliphatic heterocycles. The van der Waals surface area contributed by atoms with Crippen molar-refractivity contribution in [1.82, 2.24) is 0 Å². The van der Waals surface area contributed by atoms with E-state index in [0.29, 0.717) is 37.0 Å². The number of carbonyl (C=O) groups excluding carboxylic acids is 2. The summed E-state index contributed by atoms with van der Waals surface area (Å²) in [4.78, 5) is 22.8. The van der Waals surface area contributed by atoms with E-state index in [0.717, 1.165) is 25.7 Å². The third-order valence-corrected chi connectivity index (χ3v) is 8.58. The van der Waals surface area contributed by atoms with Crippen LogP contribution >= 0.6 is 0 Å². The van der Waals surface area contributed by atoms with Gasteiger partial charge in [0.15, 0.2) is 5.78 Å². The van der Waals surface area contributed by atoms with Crippen LogP contribution in [0.2, 0.25) is 0 Å². The van der Waals surface area contributed by atoms with Crippen molar-refractivity contribution in [2.45, 2.75) is 70.8 Å². The van der Waals surface area contributed by atoms with Crippen molar-refractivity contribution >= 4 is 11.8 Å². The molecule has 0 spiro atoms. The minimum absolute atomic E-state index is 0. The molecule has 0 bridgehead atoms. The molecular weight excluding hydrogens is 367 g/mol. The van der Waals surface area contributed by atoms with Crippen molar-refractivity contribution in [2.24, 2.45) is 28.6 Å². The van der Waals surface area contributed by atoms with Gasteiger partial charge in [0.1, 0.15) is 0 Å². The van der Waals surface area contributed by atoms with Crippen molar-refractivity contribution in [3.05, 3.63) is 23.8 Å². The summed E-state index contributed by atoms with van der Waals surface area (Å²) >= 11 is 0. The zero-order chi connectivity index (χ0) is 18.7. The van der Waals surface area contributed by atoms with Crippen molar-refractivity contribution < 1.29 is 71.2 Å². The summed E-state index contributed by atoms with van der Waals surface area (Å²) in [6.45, 7) is 4.48. The standard InChI is InChI=1S/C22H30O4.K/c1-20-9-5-15(23)13-14(20)3-4-16-17(20)6-10-21(2)18(16)7-11-22(21,26)12-8-19(24)25;/h3-4,13,16-18,26H,5-12H2,1-2H3,(H,24,25);/q;+1/p-1/t16?,17?,18?,20?,21?,22-;/m1./s1. The Balaban J connectivity index is 0.00000210. The third-order valence-electron chi connectivity index (χ3n) is 8.58.